The molecule has 0 atom stereocenters. The third-order valence-corrected chi connectivity index (χ3v) is 4.64. The van der Waals surface area contributed by atoms with Crippen molar-refractivity contribution in [3.63, 3.8) is 0 Å². The van der Waals surface area contributed by atoms with E-state index in [0.717, 1.165) is 0 Å². The largest absolute Gasteiger partial charge is 0.454 e. The number of nitrogens with zero attached hydrogens (tertiary/aromatic N) is 1. The minimum atomic E-state index is -3.11. The quantitative estimate of drug-likeness (QED) is 0.419. The fraction of sp³-hybridized carbons (Fsp3) is 0.174. The average molecular weight is 442 g/mol. The smallest absolute Gasteiger partial charge is 0.387 e. The lowest BCUT2D eigenvalue weighted by atomic mass is 10.1. The Morgan fingerprint density at radius 3 is 2.31 bits per heavy atom. The van der Waals surface area contributed by atoms with E-state index in [2.05, 4.69) is 10.2 Å². The van der Waals surface area contributed by atoms with Crippen LogP contribution < -0.4 is 10.2 Å². The molecule has 32 heavy (non-hydrogen) atoms. The van der Waals surface area contributed by atoms with E-state index in [-0.39, 0.29) is 22.8 Å². The van der Waals surface area contributed by atoms with E-state index in [1.54, 1.807) is 50.2 Å². The Morgan fingerprint density at radius 1 is 0.969 bits per heavy atom. The summed E-state index contributed by atoms with van der Waals surface area (Å²) < 4.78 is 35.8. The van der Waals surface area contributed by atoms with Crippen LogP contribution in [-0.4, -0.2) is 35.6 Å². The fourth-order valence-electron chi connectivity index (χ4n) is 3.09. The number of amides is 1. The maximum Gasteiger partial charge on any atom is 0.387 e. The van der Waals surface area contributed by atoms with E-state index < -0.39 is 25.0 Å². The van der Waals surface area contributed by atoms with Crippen LogP contribution in [0.5, 0.6) is 5.75 Å². The van der Waals surface area contributed by atoms with Crippen molar-refractivity contribution in [1.82, 2.24) is 4.68 Å². The van der Waals surface area contributed by atoms with Gasteiger partial charge >= 0.3 is 12.6 Å². The highest BCUT2D eigenvalue weighted by Gasteiger charge is 2.21. The Balaban J connectivity index is 1.69. The molecule has 0 bridgehead atoms. The summed E-state index contributed by atoms with van der Waals surface area (Å²) in [5, 5.41) is 0. The predicted octanol–water partition coefficient (Wildman–Crippen LogP) is 4.13. The molecule has 0 aliphatic carbocycles. The van der Waals surface area contributed by atoms with Crippen LogP contribution >= 0.6 is 0 Å². The highest BCUT2D eigenvalue weighted by atomic mass is 19.3. The van der Waals surface area contributed by atoms with Crippen molar-refractivity contribution >= 4 is 17.7 Å². The molecule has 1 heterocycles. The third-order valence-electron chi connectivity index (χ3n) is 4.64. The van der Waals surface area contributed by atoms with Crippen molar-refractivity contribution in [3.8, 4) is 5.75 Å². The minimum Gasteiger partial charge on any atom is -0.454 e. The van der Waals surface area contributed by atoms with Crippen molar-refractivity contribution in [2.45, 2.75) is 20.5 Å². The first-order valence-electron chi connectivity index (χ1n) is 9.57. The molecule has 2 aromatic carbocycles. The van der Waals surface area contributed by atoms with Crippen molar-refractivity contribution in [2.24, 2.45) is 0 Å². The Labute approximate surface area is 182 Å². The van der Waals surface area contributed by atoms with Crippen molar-refractivity contribution < 1.29 is 32.6 Å². The second kappa shape index (κ2) is 9.86. The molecule has 3 rings (SSSR count). The molecule has 7 nitrogen and oxygen atoms in total. The number of hydrogen-bond donors (Lipinski definition) is 1. The second-order valence-corrected chi connectivity index (χ2v) is 6.80. The van der Waals surface area contributed by atoms with Gasteiger partial charge in [0, 0.05) is 22.5 Å². The molecule has 0 saturated carbocycles. The number of esters is 1. The van der Waals surface area contributed by atoms with Crippen LogP contribution in [0.2, 0.25) is 0 Å². The van der Waals surface area contributed by atoms with E-state index in [9.17, 15) is 23.2 Å². The van der Waals surface area contributed by atoms with E-state index in [4.69, 9.17) is 4.74 Å². The lowest BCUT2D eigenvalue weighted by molar-refractivity contribution is -0.0504. The van der Waals surface area contributed by atoms with E-state index >= 15 is 0 Å². The summed E-state index contributed by atoms with van der Waals surface area (Å²) in [7, 11) is 0. The van der Waals surface area contributed by atoms with Gasteiger partial charge in [0.25, 0.3) is 5.91 Å². The zero-order valence-corrected chi connectivity index (χ0v) is 17.3. The maximum atomic E-state index is 12.6. The predicted molar refractivity (Wildman–Crippen MR) is 112 cm³/mol. The van der Waals surface area contributed by atoms with Gasteiger partial charge in [-0.2, -0.15) is 8.78 Å². The van der Waals surface area contributed by atoms with Crippen LogP contribution in [0.15, 0.2) is 60.7 Å². The average Bonchev–Trinajstić information content (AvgIpc) is 3.06. The number of rotatable bonds is 8. The van der Waals surface area contributed by atoms with Gasteiger partial charge in [-0.1, -0.05) is 30.3 Å². The number of benzene rings is 2. The third kappa shape index (κ3) is 5.18. The monoisotopic (exact) mass is 442 g/mol. The molecule has 0 fully saturated rings. The fourth-order valence-corrected chi connectivity index (χ4v) is 3.09. The first-order valence-corrected chi connectivity index (χ1v) is 9.57. The molecule has 1 N–H and O–H groups in total. The molecule has 0 aliphatic rings. The van der Waals surface area contributed by atoms with Crippen molar-refractivity contribution in [2.75, 3.05) is 12.0 Å². The number of aromatic nitrogens is 1. The summed E-state index contributed by atoms with van der Waals surface area (Å²) in [6, 6.07) is 15.5. The topological polar surface area (TPSA) is 86.6 Å². The van der Waals surface area contributed by atoms with Gasteiger partial charge in [-0.05, 0) is 44.2 Å². The molecule has 166 valence electrons. The van der Waals surface area contributed by atoms with Gasteiger partial charge in [0.05, 0.1) is 0 Å². The van der Waals surface area contributed by atoms with Gasteiger partial charge in [0.2, 0.25) is 5.78 Å². The zero-order chi connectivity index (χ0) is 23.3. The van der Waals surface area contributed by atoms with Crippen LogP contribution in [0.25, 0.3) is 0 Å². The first kappa shape index (κ1) is 22.7. The summed E-state index contributed by atoms with van der Waals surface area (Å²) in [6.07, 6.45) is 0. The Kier molecular flexibility index (Phi) is 6.99. The van der Waals surface area contributed by atoms with Gasteiger partial charge in [-0.3, -0.25) is 19.7 Å². The van der Waals surface area contributed by atoms with Gasteiger partial charge in [-0.25, -0.2) is 4.79 Å². The molecule has 0 aliphatic heterocycles. The van der Waals surface area contributed by atoms with E-state index in [0.29, 0.717) is 17.0 Å². The van der Waals surface area contributed by atoms with Crippen LogP contribution in [0.3, 0.4) is 0 Å². The number of Topliss-reactive ketones (excluding diaryl/α,β-unsaturated/α-hetero) is 1. The number of halogens is 2. The molecule has 0 radical (unpaired) electrons. The van der Waals surface area contributed by atoms with Gasteiger partial charge < -0.3 is 9.47 Å². The molecule has 0 spiro atoms. The molecule has 0 unspecified atom stereocenters. The molecule has 3 aromatic rings. The second-order valence-electron chi connectivity index (χ2n) is 6.80. The molecular formula is C23H20F2N2O5. The normalized spacial score (nSPS) is 10.7. The Bertz CT molecular complexity index is 1140. The summed E-state index contributed by atoms with van der Waals surface area (Å²) in [6.45, 7) is -0.376. The minimum absolute atomic E-state index is 0.221. The first-order chi connectivity index (χ1) is 15.3. The van der Waals surface area contributed by atoms with Gasteiger partial charge in [-0.15, -0.1) is 0 Å². The van der Waals surface area contributed by atoms with Gasteiger partial charge in [0.15, 0.2) is 6.61 Å². The van der Waals surface area contributed by atoms with E-state index in [1.807, 2.05) is 0 Å². The number of hydrogen-bond acceptors (Lipinski definition) is 5. The summed E-state index contributed by atoms with van der Waals surface area (Å²) >= 11 is 0. The van der Waals surface area contributed by atoms with Crippen LogP contribution in [0.4, 0.5) is 8.78 Å². The number of carbonyl (C=O) groups excluding carboxylic acids is 3. The number of alkyl halides is 2. The lowest BCUT2D eigenvalue weighted by Gasteiger charge is -2.12. The number of ketones is 1. The van der Waals surface area contributed by atoms with Crippen LogP contribution in [0.1, 0.15) is 42.5 Å². The maximum absolute atomic E-state index is 12.6. The Hall–Kier alpha value is -4.01. The van der Waals surface area contributed by atoms with Crippen molar-refractivity contribution in [1.29, 1.82) is 0 Å². The molecule has 1 aromatic heterocycles. The molecular weight excluding hydrogens is 422 g/mol. The number of para-hydroxylation sites is 1. The number of carbonyl (C=O) groups is 3. The SMILES string of the molecule is Cc1cc(C(=O)COC(=O)c2ccccc2OC(F)F)c(C)n1NC(=O)c1ccccc1. The van der Waals surface area contributed by atoms with Gasteiger partial charge in [0.1, 0.15) is 11.3 Å². The van der Waals surface area contributed by atoms with Crippen LogP contribution in [0, 0.1) is 13.8 Å². The standard InChI is InChI=1S/C23H20F2N2O5/c1-14-12-18(15(2)27(14)26-21(29)16-8-4-3-5-9-16)19(28)13-31-22(30)17-10-6-7-11-20(17)32-23(24)25/h3-12,23H,13H2,1-2H3,(H,26,29). The zero-order valence-electron chi connectivity index (χ0n) is 17.3. The number of nitrogens with one attached hydrogen (secondary N) is 1. The lowest BCUT2D eigenvalue weighted by Crippen LogP contribution is -2.25. The van der Waals surface area contributed by atoms with E-state index in [1.165, 1.54) is 28.9 Å². The number of aryl methyl sites for hydroxylation is 1. The molecule has 0 saturated heterocycles. The van der Waals surface area contributed by atoms with Crippen LogP contribution in [-0.2, 0) is 4.74 Å². The highest BCUT2D eigenvalue weighted by Crippen LogP contribution is 2.21. The number of ether oxygens (including phenoxy) is 2. The Morgan fingerprint density at radius 2 is 1.62 bits per heavy atom. The van der Waals surface area contributed by atoms with Crippen molar-refractivity contribution in [3.05, 3.63) is 88.7 Å². The molecule has 9 heteroatoms. The molecule has 1 amide bonds. The summed E-state index contributed by atoms with van der Waals surface area (Å²) in [5.74, 6) is -2.19. The highest BCUT2D eigenvalue weighted by molar-refractivity contribution is 6.02. The summed E-state index contributed by atoms with van der Waals surface area (Å²) in [5.41, 5.74) is 4.24. The summed E-state index contributed by atoms with van der Waals surface area (Å²) in [4.78, 5) is 37.3.